The molecule has 1 heterocycles. The number of hydrogen-bond acceptors (Lipinski definition) is 6. The van der Waals surface area contributed by atoms with Crippen LogP contribution < -0.4 is 5.32 Å². The predicted molar refractivity (Wildman–Crippen MR) is 128 cm³/mol. The highest BCUT2D eigenvalue weighted by atomic mass is 16.5. The number of aromatic hydroxyl groups is 2. The summed E-state index contributed by atoms with van der Waals surface area (Å²) in [6.07, 6.45) is 1.88. The Hall–Kier alpha value is -4.26. The average molecular weight is 459 g/mol. The Morgan fingerprint density at radius 1 is 0.971 bits per heavy atom. The summed E-state index contributed by atoms with van der Waals surface area (Å²) in [5.41, 5.74) is 2.74. The normalized spacial score (nSPS) is 10.9. The van der Waals surface area contributed by atoms with Crippen LogP contribution in [0.25, 0.3) is 22.3 Å². The molecule has 0 unspecified atom stereocenters. The van der Waals surface area contributed by atoms with Crippen LogP contribution in [0.15, 0.2) is 71.1 Å². The van der Waals surface area contributed by atoms with Crippen molar-refractivity contribution in [1.82, 2.24) is 5.32 Å². The zero-order valence-electron chi connectivity index (χ0n) is 18.7. The minimum absolute atomic E-state index is 0.0191. The number of furan rings is 1. The molecule has 0 aliphatic rings. The fourth-order valence-corrected chi connectivity index (χ4v) is 3.58. The second-order valence-corrected chi connectivity index (χ2v) is 7.89. The number of rotatable bonds is 8. The summed E-state index contributed by atoms with van der Waals surface area (Å²) in [4.78, 5) is 25.2. The number of carbonyl (C=O) groups is 2. The first-order chi connectivity index (χ1) is 16.5. The number of para-hydroxylation sites is 1. The van der Waals surface area contributed by atoms with Crippen LogP contribution >= 0.6 is 0 Å². The third kappa shape index (κ3) is 4.88. The van der Waals surface area contributed by atoms with E-state index in [1.807, 2.05) is 36.4 Å². The number of phenolic OH excluding ortho intramolecular Hbond substituents is 2. The van der Waals surface area contributed by atoms with E-state index in [2.05, 4.69) is 12.2 Å². The van der Waals surface area contributed by atoms with Crippen molar-refractivity contribution in [2.75, 3.05) is 6.54 Å². The zero-order chi connectivity index (χ0) is 24.1. The Morgan fingerprint density at radius 3 is 2.47 bits per heavy atom. The van der Waals surface area contributed by atoms with E-state index < -0.39 is 5.97 Å². The molecule has 0 saturated carbocycles. The molecule has 0 bridgehead atoms. The van der Waals surface area contributed by atoms with Gasteiger partial charge in [-0.3, -0.25) is 4.79 Å². The van der Waals surface area contributed by atoms with Crippen LogP contribution in [0.2, 0.25) is 0 Å². The number of esters is 1. The number of amides is 1. The molecule has 1 amide bonds. The van der Waals surface area contributed by atoms with Crippen LogP contribution in [0.1, 0.15) is 46.0 Å². The molecular formula is C27H25NO6. The van der Waals surface area contributed by atoms with Gasteiger partial charge in [0.2, 0.25) is 0 Å². The SMILES string of the molecule is CCCCNC(=O)c1c(-c2ccc(COC(=O)c3ccc(O)c(O)c3)cc2)oc2ccccc12. The maximum absolute atomic E-state index is 13.0. The van der Waals surface area contributed by atoms with Crippen molar-refractivity contribution in [2.24, 2.45) is 0 Å². The van der Waals surface area contributed by atoms with E-state index in [0.717, 1.165) is 35.4 Å². The van der Waals surface area contributed by atoms with Crippen molar-refractivity contribution in [2.45, 2.75) is 26.4 Å². The van der Waals surface area contributed by atoms with Gasteiger partial charge in [-0.15, -0.1) is 0 Å². The molecule has 174 valence electrons. The molecule has 7 heteroatoms. The van der Waals surface area contributed by atoms with E-state index in [0.29, 0.717) is 23.5 Å². The Bertz CT molecular complexity index is 1320. The number of nitrogens with one attached hydrogen (secondary N) is 1. The lowest BCUT2D eigenvalue weighted by atomic mass is 10.0. The molecule has 0 aliphatic carbocycles. The lowest BCUT2D eigenvalue weighted by Crippen LogP contribution is -2.24. The topological polar surface area (TPSA) is 109 Å². The van der Waals surface area contributed by atoms with Gasteiger partial charge in [0.15, 0.2) is 11.5 Å². The molecular weight excluding hydrogens is 434 g/mol. The molecule has 4 aromatic rings. The molecule has 4 rings (SSSR count). The summed E-state index contributed by atoms with van der Waals surface area (Å²) >= 11 is 0. The molecule has 1 aromatic heterocycles. The number of hydrogen-bond donors (Lipinski definition) is 3. The van der Waals surface area contributed by atoms with E-state index in [1.165, 1.54) is 12.1 Å². The molecule has 0 aliphatic heterocycles. The molecule has 3 aromatic carbocycles. The second kappa shape index (κ2) is 10.1. The summed E-state index contributed by atoms with van der Waals surface area (Å²) < 4.78 is 11.3. The van der Waals surface area contributed by atoms with Crippen LogP contribution in [0.5, 0.6) is 11.5 Å². The first kappa shape index (κ1) is 22.9. The maximum atomic E-state index is 13.0. The standard InChI is InChI=1S/C27H25NO6/c1-2-3-14-28-26(31)24-20-6-4-5-7-23(20)34-25(24)18-10-8-17(9-11-18)16-33-27(32)19-12-13-21(29)22(30)15-19/h4-13,15,29-30H,2-3,14,16H2,1H3,(H,28,31). The number of unbranched alkanes of at least 4 members (excludes halogenated alkanes) is 1. The highest BCUT2D eigenvalue weighted by molar-refractivity contribution is 6.11. The Morgan fingerprint density at radius 2 is 1.74 bits per heavy atom. The third-order valence-electron chi connectivity index (χ3n) is 5.44. The summed E-state index contributed by atoms with van der Waals surface area (Å²) in [5, 5.41) is 22.6. The van der Waals surface area contributed by atoms with E-state index in [1.54, 1.807) is 12.1 Å². The van der Waals surface area contributed by atoms with Crippen LogP contribution in [-0.4, -0.2) is 28.6 Å². The van der Waals surface area contributed by atoms with Gasteiger partial charge >= 0.3 is 5.97 Å². The number of benzene rings is 3. The second-order valence-electron chi connectivity index (χ2n) is 7.89. The quantitative estimate of drug-likeness (QED) is 0.185. The number of phenols is 2. The fourth-order valence-electron chi connectivity index (χ4n) is 3.58. The third-order valence-corrected chi connectivity index (χ3v) is 5.44. The van der Waals surface area contributed by atoms with Gasteiger partial charge in [-0.1, -0.05) is 55.8 Å². The van der Waals surface area contributed by atoms with Gasteiger partial charge in [0.1, 0.15) is 18.0 Å². The van der Waals surface area contributed by atoms with Crippen molar-refractivity contribution < 1.29 is 29.0 Å². The monoisotopic (exact) mass is 459 g/mol. The summed E-state index contributed by atoms with van der Waals surface area (Å²) in [7, 11) is 0. The number of carbonyl (C=O) groups excluding carboxylic acids is 2. The lowest BCUT2D eigenvalue weighted by Gasteiger charge is -2.08. The molecule has 0 atom stereocenters. The summed E-state index contributed by atoms with van der Waals surface area (Å²) in [6, 6.07) is 18.4. The summed E-state index contributed by atoms with van der Waals surface area (Å²) in [6.45, 7) is 2.68. The largest absolute Gasteiger partial charge is 0.504 e. The average Bonchev–Trinajstić information content (AvgIpc) is 3.24. The zero-order valence-corrected chi connectivity index (χ0v) is 18.7. The molecule has 0 radical (unpaired) electrons. The molecule has 0 fully saturated rings. The highest BCUT2D eigenvalue weighted by Crippen LogP contribution is 2.34. The van der Waals surface area contributed by atoms with Crippen molar-refractivity contribution in [3.8, 4) is 22.8 Å². The Balaban J connectivity index is 1.52. The van der Waals surface area contributed by atoms with Crippen molar-refractivity contribution in [3.05, 3.63) is 83.4 Å². The van der Waals surface area contributed by atoms with Gasteiger partial charge in [0.25, 0.3) is 5.91 Å². The van der Waals surface area contributed by atoms with Gasteiger partial charge in [0, 0.05) is 17.5 Å². The Kier molecular flexibility index (Phi) is 6.82. The van der Waals surface area contributed by atoms with Gasteiger partial charge in [-0.05, 0) is 36.2 Å². The van der Waals surface area contributed by atoms with Gasteiger partial charge in [0.05, 0.1) is 11.1 Å². The molecule has 7 nitrogen and oxygen atoms in total. The number of fused-ring (bicyclic) bond motifs is 1. The van der Waals surface area contributed by atoms with Crippen LogP contribution in [0.3, 0.4) is 0 Å². The Labute approximate surface area is 196 Å². The maximum Gasteiger partial charge on any atom is 0.338 e. The fraction of sp³-hybridized carbons (Fsp3) is 0.185. The molecule has 3 N–H and O–H groups in total. The summed E-state index contributed by atoms with van der Waals surface area (Å²) in [5.74, 6) is -1.01. The minimum Gasteiger partial charge on any atom is -0.504 e. The van der Waals surface area contributed by atoms with Crippen molar-refractivity contribution in [3.63, 3.8) is 0 Å². The van der Waals surface area contributed by atoms with Crippen LogP contribution in [0, 0.1) is 0 Å². The highest BCUT2D eigenvalue weighted by Gasteiger charge is 2.21. The minimum atomic E-state index is -0.623. The van der Waals surface area contributed by atoms with E-state index in [-0.39, 0.29) is 29.6 Å². The number of ether oxygens (including phenoxy) is 1. The van der Waals surface area contributed by atoms with E-state index in [4.69, 9.17) is 9.15 Å². The first-order valence-electron chi connectivity index (χ1n) is 11.1. The first-order valence-corrected chi connectivity index (χ1v) is 11.1. The van der Waals surface area contributed by atoms with Crippen molar-refractivity contribution in [1.29, 1.82) is 0 Å². The van der Waals surface area contributed by atoms with Crippen molar-refractivity contribution >= 4 is 22.8 Å². The van der Waals surface area contributed by atoms with Gasteiger partial charge < -0.3 is 24.7 Å². The molecule has 0 saturated heterocycles. The van der Waals surface area contributed by atoms with E-state index in [9.17, 15) is 19.8 Å². The van der Waals surface area contributed by atoms with Gasteiger partial charge in [-0.2, -0.15) is 0 Å². The van der Waals surface area contributed by atoms with E-state index >= 15 is 0 Å². The predicted octanol–water partition coefficient (Wildman–Crippen LogP) is 5.40. The van der Waals surface area contributed by atoms with Crippen LogP contribution in [0.4, 0.5) is 0 Å². The smallest absolute Gasteiger partial charge is 0.338 e. The molecule has 0 spiro atoms. The van der Waals surface area contributed by atoms with Crippen LogP contribution in [-0.2, 0) is 11.3 Å². The van der Waals surface area contributed by atoms with Gasteiger partial charge in [-0.25, -0.2) is 4.79 Å². The molecule has 34 heavy (non-hydrogen) atoms. The lowest BCUT2D eigenvalue weighted by molar-refractivity contribution is 0.0472.